The highest BCUT2D eigenvalue weighted by Crippen LogP contribution is 2.23. The number of ether oxygens (including phenoxy) is 1. The summed E-state index contributed by atoms with van der Waals surface area (Å²) < 4.78 is 20.4. The third-order valence-corrected chi connectivity index (χ3v) is 3.91. The lowest BCUT2D eigenvalue weighted by Gasteiger charge is -2.11. The summed E-state index contributed by atoms with van der Waals surface area (Å²) in [5.74, 6) is -0.384. The van der Waals surface area contributed by atoms with E-state index in [0.717, 1.165) is 6.42 Å². The number of hydrogen-bond acceptors (Lipinski definition) is 3. The molecule has 1 aromatic heterocycles. The topological polar surface area (TPSA) is 60.3 Å². The minimum atomic E-state index is -0.430. The molecule has 0 aliphatic carbocycles. The van der Waals surface area contributed by atoms with Crippen molar-refractivity contribution < 1.29 is 13.9 Å². The fourth-order valence-corrected chi connectivity index (χ4v) is 2.74. The van der Waals surface area contributed by atoms with Gasteiger partial charge in [-0.25, -0.2) is 4.39 Å². The van der Waals surface area contributed by atoms with Crippen LogP contribution in [0.4, 0.5) is 10.1 Å². The lowest BCUT2D eigenvalue weighted by atomic mass is 10.1. The molecule has 6 heteroatoms. The van der Waals surface area contributed by atoms with Gasteiger partial charge >= 0.3 is 0 Å². The molecule has 0 saturated heterocycles. The van der Waals surface area contributed by atoms with Crippen LogP contribution in [0.3, 0.4) is 0 Å². The van der Waals surface area contributed by atoms with Crippen molar-refractivity contribution in [3.63, 3.8) is 0 Å². The van der Waals surface area contributed by atoms with Gasteiger partial charge in [-0.3, -0.25) is 9.59 Å². The van der Waals surface area contributed by atoms with Crippen LogP contribution in [-0.2, 0) is 11.3 Å². The van der Waals surface area contributed by atoms with Gasteiger partial charge in [-0.15, -0.1) is 0 Å². The molecule has 134 valence electrons. The number of aryl methyl sites for hydroxylation is 1. The largest absolute Gasteiger partial charge is 0.483 e. The molecule has 0 saturated carbocycles. The van der Waals surface area contributed by atoms with E-state index in [4.69, 9.17) is 4.74 Å². The fourth-order valence-electron chi connectivity index (χ4n) is 2.74. The van der Waals surface area contributed by atoms with Gasteiger partial charge in [0.05, 0.1) is 5.39 Å². The van der Waals surface area contributed by atoms with Crippen LogP contribution < -0.4 is 15.6 Å². The second kappa shape index (κ2) is 7.82. The van der Waals surface area contributed by atoms with E-state index in [2.05, 4.69) is 5.32 Å². The Balaban J connectivity index is 1.75. The molecule has 3 rings (SSSR count). The quantitative estimate of drug-likeness (QED) is 0.736. The molecule has 0 atom stereocenters. The van der Waals surface area contributed by atoms with Gasteiger partial charge in [-0.2, -0.15) is 0 Å². The standard InChI is InChI=1S/C20H19FN2O3/c1-2-10-23-11-9-16-17(20(23)25)7-4-8-18(16)26-13-19(24)22-15-6-3-5-14(21)12-15/h3-9,11-12H,2,10,13H2,1H3,(H,22,24). The van der Waals surface area contributed by atoms with E-state index in [1.165, 1.54) is 18.2 Å². The average molecular weight is 354 g/mol. The molecule has 2 aromatic carbocycles. The number of amides is 1. The van der Waals surface area contributed by atoms with E-state index in [1.54, 1.807) is 35.0 Å². The predicted molar refractivity (Wildman–Crippen MR) is 99.0 cm³/mol. The van der Waals surface area contributed by atoms with Gasteiger partial charge in [0, 0.05) is 23.8 Å². The molecule has 0 bridgehead atoms. The summed E-state index contributed by atoms with van der Waals surface area (Å²) >= 11 is 0. The molecule has 0 radical (unpaired) electrons. The lowest BCUT2D eigenvalue weighted by molar-refractivity contribution is -0.118. The van der Waals surface area contributed by atoms with Crippen molar-refractivity contribution in [2.75, 3.05) is 11.9 Å². The molecule has 0 fully saturated rings. The highest BCUT2D eigenvalue weighted by Gasteiger charge is 2.09. The minimum absolute atomic E-state index is 0.0842. The van der Waals surface area contributed by atoms with Crippen LogP contribution in [0.5, 0.6) is 5.75 Å². The monoisotopic (exact) mass is 354 g/mol. The number of carbonyl (C=O) groups excluding carboxylic acids is 1. The molecule has 0 unspecified atom stereocenters. The Bertz CT molecular complexity index is 998. The summed E-state index contributed by atoms with van der Waals surface area (Å²) in [4.78, 5) is 24.5. The Morgan fingerprint density at radius 1 is 1.15 bits per heavy atom. The number of carbonyl (C=O) groups is 1. The van der Waals surface area contributed by atoms with Crippen molar-refractivity contribution in [1.29, 1.82) is 0 Å². The van der Waals surface area contributed by atoms with Crippen LogP contribution in [0.1, 0.15) is 13.3 Å². The summed E-state index contributed by atoms with van der Waals surface area (Å²) in [6, 6.07) is 12.6. The number of aromatic nitrogens is 1. The number of nitrogens with zero attached hydrogens (tertiary/aromatic N) is 1. The van der Waals surface area contributed by atoms with Gasteiger partial charge in [-0.05, 0) is 42.8 Å². The van der Waals surface area contributed by atoms with Crippen molar-refractivity contribution in [1.82, 2.24) is 4.57 Å². The van der Waals surface area contributed by atoms with Crippen LogP contribution in [0.25, 0.3) is 10.8 Å². The van der Waals surface area contributed by atoms with E-state index in [9.17, 15) is 14.0 Å². The molecule has 0 aliphatic rings. The van der Waals surface area contributed by atoms with Crippen LogP contribution in [0.15, 0.2) is 59.5 Å². The molecule has 0 spiro atoms. The number of halogens is 1. The van der Waals surface area contributed by atoms with Crippen LogP contribution in [-0.4, -0.2) is 17.1 Å². The summed E-state index contributed by atoms with van der Waals surface area (Å²) in [5, 5.41) is 3.77. The van der Waals surface area contributed by atoms with Crippen molar-refractivity contribution >= 4 is 22.4 Å². The second-order valence-corrected chi connectivity index (χ2v) is 5.88. The van der Waals surface area contributed by atoms with E-state index in [1.807, 2.05) is 13.0 Å². The Labute approximate surface area is 150 Å². The zero-order valence-corrected chi connectivity index (χ0v) is 14.4. The van der Waals surface area contributed by atoms with Crippen LogP contribution in [0.2, 0.25) is 0 Å². The molecule has 5 nitrogen and oxygen atoms in total. The smallest absolute Gasteiger partial charge is 0.262 e. The fraction of sp³-hybridized carbons (Fsp3) is 0.200. The number of pyridine rings is 1. The molecule has 3 aromatic rings. The van der Waals surface area contributed by atoms with Crippen LogP contribution in [0, 0.1) is 5.82 Å². The first-order chi connectivity index (χ1) is 12.6. The number of rotatable bonds is 6. The molecule has 1 amide bonds. The first-order valence-corrected chi connectivity index (χ1v) is 8.39. The Hall–Kier alpha value is -3.15. The maximum absolute atomic E-state index is 13.2. The summed E-state index contributed by atoms with van der Waals surface area (Å²) in [5.41, 5.74) is 0.276. The molecule has 0 aliphatic heterocycles. The second-order valence-electron chi connectivity index (χ2n) is 5.88. The maximum Gasteiger partial charge on any atom is 0.262 e. The average Bonchev–Trinajstić information content (AvgIpc) is 2.62. The first-order valence-electron chi connectivity index (χ1n) is 8.39. The van der Waals surface area contributed by atoms with E-state index >= 15 is 0 Å². The number of benzene rings is 2. The summed E-state index contributed by atoms with van der Waals surface area (Å²) in [7, 11) is 0. The number of fused-ring (bicyclic) bond motifs is 1. The van der Waals surface area contributed by atoms with Gasteiger partial charge in [0.2, 0.25) is 0 Å². The zero-order chi connectivity index (χ0) is 18.5. The summed E-state index contributed by atoms with van der Waals surface area (Å²) in [6.45, 7) is 2.41. The van der Waals surface area contributed by atoms with E-state index in [-0.39, 0.29) is 12.2 Å². The van der Waals surface area contributed by atoms with Crippen molar-refractivity contribution in [3.05, 3.63) is 70.9 Å². The zero-order valence-electron chi connectivity index (χ0n) is 14.4. The minimum Gasteiger partial charge on any atom is -0.483 e. The van der Waals surface area contributed by atoms with E-state index in [0.29, 0.717) is 28.8 Å². The van der Waals surface area contributed by atoms with Gasteiger partial charge < -0.3 is 14.6 Å². The lowest BCUT2D eigenvalue weighted by Crippen LogP contribution is -2.21. The number of hydrogen-bond donors (Lipinski definition) is 1. The van der Waals surface area contributed by atoms with Crippen molar-refractivity contribution in [2.45, 2.75) is 19.9 Å². The molecule has 1 N–H and O–H groups in total. The van der Waals surface area contributed by atoms with Crippen molar-refractivity contribution in [2.24, 2.45) is 0 Å². The molecule has 1 heterocycles. The Morgan fingerprint density at radius 2 is 1.96 bits per heavy atom. The van der Waals surface area contributed by atoms with Gasteiger partial charge in [0.25, 0.3) is 11.5 Å². The van der Waals surface area contributed by atoms with Crippen molar-refractivity contribution in [3.8, 4) is 5.75 Å². The normalized spacial score (nSPS) is 10.7. The highest BCUT2D eigenvalue weighted by atomic mass is 19.1. The predicted octanol–water partition coefficient (Wildman–Crippen LogP) is 3.57. The van der Waals surface area contributed by atoms with Gasteiger partial charge in [0.15, 0.2) is 6.61 Å². The molecular weight excluding hydrogens is 335 g/mol. The third-order valence-electron chi connectivity index (χ3n) is 3.91. The summed E-state index contributed by atoms with van der Waals surface area (Å²) in [6.07, 6.45) is 2.59. The maximum atomic E-state index is 13.2. The van der Waals surface area contributed by atoms with Gasteiger partial charge in [0.1, 0.15) is 11.6 Å². The van der Waals surface area contributed by atoms with E-state index < -0.39 is 11.7 Å². The first kappa shape index (κ1) is 17.7. The number of anilines is 1. The Morgan fingerprint density at radius 3 is 2.73 bits per heavy atom. The highest BCUT2D eigenvalue weighted by molar-refractivity contribution is 5.92. The Kier molecular flexibility index (Phi) is 5.31. The third kappa shape index (κ3) is 3.91. The molecule has 26 heavy (non-hydrogen) atoms. The number of nitrogens with one attached hydrogen (secondary N) is 1. The van der Waals surface area contributed by atoms with Gasteiger partial charge in [-0.1, -0.05) is 19.1 Å². The van der Waals surface area contributed by atoms with Crippen LogP contribution >= 0.6 is 0 Å². The molecular formula is C20H19FN2O3. The SMILES string of the molecule is CCCn1ccc2c(OCC(=O)Nc3cccc(F)c3)cccc2c1=O.